The number of aromatic nitrogens is 4. The summed E-state index contributed by atoms with van der Waals surface area (Å²) in [6.45, 7) is -0.415. The number of aliphatic hydroxyl groups excluding tert-OH is 3. The first kappa shape index (κ1) is 13.9. The molecule has 114 valence electrons. The summed E-state index contributed by atoms with van der Waals surface area (Å²) in [4.78, 5) is 12.1. The highest BCUT2D eigenvalue weighted by Gasteiger charge is 2.44. The molecule has 0 bridgehead atoms. The molecule has 0 aliphatic carbocycles. The van der Waals surface area contributed by atoms with E-state index in [4.69, 9.17) is 20.3 Å². The Morgan fingerprint density at radius 1 is 1.38 bits per heavy atom. The maximum Gasteiger partial charge on any atom is 0.246 e. The van der Waals surface area contributed by atoms with Crippen molar-refractivity contribution >= 4 is 17.1 Å². The van der Waals surface area contributed by atoms with Gasteiger partial charge in [0.1, 0.15) is 18.3 Å². The number of nitrogens with two attached hydrogens (primary N) is 1. The number of anilines is 1. The molecule has 4 atom stereocenters. The Bertz CT molecular complexity index is 662. The molecule has 10 nitrogen and oxygen atoms in total. The molecule has 3 heterocycles. The second-order valence-electron chi connectivity index (χ2n) is 4.64. The van der Waals surface area contributed by atoms with Crippen molar-refractivity contribution in [2.45, 2.75) is 24.5 Å². The molecule has 1 saturated heterocycles. The van der Waals surface area contributed by atoms with Crippen LogP contribution in [0.5, 0.6) is 5.88 Å². The molecule has 1 aliphatic rings. The van der Waals surface area contributed by atoms with Crippen molar-refractivity contribution in [3.63, 3.8) is 0 Å². The van der Waals surface area contributed by atoms with Gasteiger partial charge in [0, 0.05) is 0 Å². The van der Waals surface area contributed by atoms with Crippen LogP contribution in [0.2, 0.25) is 0 Å². The van der Waals surface area contributed by atoms with E-state index in [0.717, 1.165) is 0 Å². The predicted molar refractivity (Wildman–Crippen MR) is 69.3 cm³/mol. The number of nitrogens with zero attached hydrogens (tertiary/aromatic N) is 4. The van der Waals surface area contributed by atoms with Crippen LogP contribution in [0.15, 0.2) is 6.33 Å². The molecule has 0 saturated carbocycles. The molecule has 0 spiro atoms. The fourth-order valence-electron chi connectivity index (χ4n) is 2.35. The van der Waals surface area contributed by atoms with Crippen LogP contribution in [0.3, 0.4) is 0 Å². The Kier molecular flexibility index (Phi) is 3.37. The highest BCUT2D eigenvalue weighted by molar-refractivity contribution is 5.77. The molecule has 1 fully saturated rings. The predicted octanol–water partition coefficient (Wildman–Crippen LogP) is -1.97. The standard InChI is InChI=1S/C11H15N5O5/c1-20-9-5-8(14-11(12)15-9)16(3-13-5)10-7(19)6(18)4(2-17)21-10/h3-4,6-7,10,17-19H,2H2,1H3,(H2,12,14,15)/t4-,6?,7+,10?/m1/s1. The van der Waals surface area contributed by atoms with E-state index in [1.807, 2.05) is 0 Å². The molecular weight excluding hydrogens is 282 g/mol. The molecular formula is C11H15N5O5. The molecule has 2 aromatic heterocycles. The third-order valence-corrected chi connectivity index (χ3v) is 3.39. The summed E-state index contributed by atoms with van der Waals surface area (Å²) in [6.07, 6.45) is -2.90. The summed E-state index contributed by atoms with van der Waals surface area (Å²) >= 11 is 0. The maximum atomic E-state index is 10.0. The fourth-order valence-corrected chi connectivity index (χ4v) is 2.35. The van der Waals surface area contributed by atoms with Gasteiger partial charge in [0.05, 0.1) is 20.0 Å². The van der Waals surface area contributed by atoms with Gasteiger partial charge in [-0.25, -0.2) is 4.98 Å². The summed E-state index contributed by atoms with van der Waals surface area (Å²) in [5.41, 5.74) is 6.26. The molecule has 0 radical (unpaired) electrons. The van der Waals surface area contributed by atoms with Crippen LogP contribution in [0.1, 0.15) is 6.23 Å². The van der Waals surface area contributed by atoms with Crippen LogP contribution >= 0.6 is 0 Å². The first-order valence-electron chi connectivity index (χ1n) is 6.23. The normalized spacial score (nSPS) is 29.1. The Morgan fingerprint density at radius 3 is 2.76 bits per heavy atom. The van der Waals surface area contributed by atoms with E-state index in [-0.39, 0.29) is 11.8 Å². The third-order valence-electron chi connectivity index (χ3n) is 3.39. The number of hydrogen-bond acceptors (Lipinski definition) is 9. The van der Waals surface area contributed by atoms with Gasteiger partial charge in [-0.1, -0.05) is 0 Å². The summed E-state index contributed by atoms with van der Waals surface area (Å²) in [5.74, 6) is 0.177. The van der Waals surface area contributed by atoms with Gasteiger partial charge in [0.15, 0.2) is 17.4 Å². The van der Waals surface area contributed by atoms with E-state index >= 15 is 0 Å². The zero-order chi connectivity index (χ0) is 15.1. The Labute approximate surface area is 118 Å². The molecule has 0 aromatic carbocycles. The third kappa shape index (κ3) is 2.08. The van der Waals surface area contributed by atoms with E-state index in [1.54, 1.807) is 0 Å². The van der Waals surface area contributed by atoms with Crippen LogP contribution < -0.4 is 10.5 Å². The average Bonchev–Trinajstić information content (AvgIpc) is 3.01. The van der Waals surface area contributed by atoms with Crippen molar-refractivity contribution < 1.29 is 24.8 Å². The van der Waals surface area contributed by atoms with E-state index in [1.165, 1.54) is 18.0 Å². The second-order valence-corrected chi connectivity index (χ2v) is 4.64. The topological polar surface area (TPSA) is 149 Å². The van der Waals surface area contributed by atoms with Gasteiger partial charge in [-0.05, 0) is 0 Å². The summed E-state index contributed by atoms with van der Waals surface area (Å²) < 4.78 is 11.9. The van der Waals surface area contributed by atoms with E-state index < -0.39 is 31.1 Å². The number of rotatable bonds is 3. The van der Waals surface area contributed by atoms with E-state index in [0.29, 0.717) is 11.2 Å². The monoisotopic (exact) mass is 297 g/mol. The zero-order valence-electron chi connectivity index (χ0n) is 11.1. The molecule has 2 unspecified atom stereocenters. The van der Waals surface area contributed by atoms with Crippen LogP contribution in [0, 0.1) is 0 Å². The molecule has 21 heavy (non-hydrogen) atoms. The van der Waals surface area contributed by atoms with Crippen molar-refractivity contribution in [1.29, 1.82) is 0 Å². The maximum absolute atomic E-state index is 10.0. The number of ether oxygens (including phenoxy) is 2. The van der Waals surface area contributed by atoms with Crippen molar-refractivity contribution in [3.8, 4) is 5.88 Å². The molecule has 0 amide bonds. The molecule has 2 aromatic rings. The van der Waals surface area contributed by atoms with Gasteiger partial charge in [0.25, 0.3) is 0 Å². The van der Waals surface area contributed by atoms with Crippen molar-refractivity contribution in [1.82, 2.24) is 19.5 Å². The van der Waals surface area contributed by atoms with Gasteiger partial charge in [-0.15, -0.1) is 0 Å². The van der Waals surface area contributed by atoms with Gasteiger partial charge in [-0.2, -0.15) is 9.97 Å². The molecule has 3 rings (SSSR count). The minimum absolute atomic E-state index is 0.0205. The summed E-state index contributed by atoms with van der Waals surface area (Å²) in [5, 5.41) is 29.0. The molecule has 1 aliphatic heterocycles. The quantitative estimate of drug-likeness (QED) is 0.506. The Morgan fingerprint density at radius 2 is 2.14 bits per heavy atom. The van der Waals surface area contributed by atoms with Gasteiger partial charge in [-0.3, -0.25) is 4.57 Å². The number of fused-ring (bicyclic) bond motifs is 1. The number of aliphatic hydroxyl groups is 3. The lowest BCUT2D eigenvalue weighted by Gasteiger charge is -2.16. The summed E-state index contributed by atoms with van der Waals surface area (Å²) in [6, 6.07) is 0. The lowest BCUT2D eigenvalue weighted by Crippen LogP contribution is -2.33. The second kappa shape index (κ2) is 5.07. The number of imidazole rings is 1. The van der Waals surface area contributed by atoms with Crippen molar-refractivity contribution in [2.24, 2.45) is 0 Å². The Hall–Kier alpha value is -2.01. The zero-order valence-corrected chi connectivity index (χ0v) is 11.1. The van der Waals surface area contributed by atoms with Crippen LogP contribution in [-0.2, 0) is 4.74 Å². The minimum Gasteiger partial charge on any atom is -0.479 e. The fraction of sp³-hybridized carbons (Fsp3) is 0.545. The minimum atomic E-state index is -1.23. The molecule has 10 heteroatoms. The van der Waals surface area contributed by atoms with Crippen molar-refractivity contribution in [3.05, 3.63) is 6.33 Å². The SMILES string of the molecule is COc1nc(N)nc2c1ncn2C1O[C@H](CO)C(O)[C@@H]1O. The number of hydrogen-bond donors (Lipinski definition) is 4. The van der Waals surface area contributed by atoms with Crippen molar-refractivity contribution in [2.75, 3.05) is 19.5 Å². The first-order valence-corrected chi connectivity index (χ1v) is 6.23. The van der Waals surface area contributed by atoms with Gasteiger partial charge < -0.3 is 30.5 Å². The van der Waals surface area contributed by atoms with Crippen LogP contribution in [0.25, 0.3) is 11.2 Å². The first-order chi connectivity index (χ1) is 10.1. The summed E-state index contributed by atoms with van der Waals surface area (Å²) in [7, 11) is 1.42. The van der Waals surface area contributed by atoms with Gasteiger partial charge >= 0.3 is 0 Å². The van der Waals surface area contributed by atoms with E-state index in [9.17, 15) is 10.2 Å². The smallest absolute Gasteiger partial charge is 0.246 e. The lowest BCUT2D eigenvalue weighted by atomic mass is 10.1. The lowest BCUT2D eigenvalue weighted by molar-refractivity contribution is -0.0511. The number of methoxy groups -OCH3 is 1. The highest BCUT2D eigenvalue weighted by Crippen LogP contribution is 2.32. The van der Waals surface area contributed by atoms with E-state index in [2.05, 4.69) is 15.0 Å². The largest absolute Gasteiger partial charge is 0.479 e. The Balaban J connectivity index is 2.07. The average molecular weight is 297 g/mol. The van der Waals surface area contributed by atoms with Gasteiger partial charge in [0.2, 0.25) is 11.8 Å². The molecule has 5 N–H and O–H groups in total. The van der Waals surface area contributed by atoms with Crippen LogP contribution in [0.4, 0.5) is 5.95 Å². The highest BCUT2D eigenvalue weighted by atomic mass is 16.6. The van der Waals surface area contributed by atoms with Crippen LogP contribution in [-0.4, -0.2) is 66.9 Å². The number of nitrogen functional groups attached to an aromatic ring is 1.